The predicted molar refractivity (Wildman–Crippen MR) is 339 cm³/mol. The molecule has 7 aromatic carbocycles. The van der Waals surface area contributed by atoms with Crippen LogP contribution in [0.15, 0.2) is 213 Å². The van der Waals surface area contributed by atoms with E-state index in [0.29, 0.717) is 30.1 Å². The number of hydrogen-bond donors (Lipinski definition) is 3. The molecule has 4 N–H and O–H groups in total. The van der Waals surface area contributed by atoms with Crippen molar-refractivity contribution in [3.05, 3.63) is 230 Å². The van der Waals surface area contributed by atoms with Crippen molar-refractivity contribution in [2.75, 3.05) is 66.2 Å². The molecular weight excluding hydrogens is 1090 g/mol. The first-order valence-corrected chi connectivity index (χ1v) is 32.3. The van der Waals surface area contributed by atoms with E-state index < -0.39 is 34.4 Å². The van der Waals surface area contributed by atoms with Gasteiger partial charge in [0.15, 0.2) is 11.5 Å². The third-order valence-electron chi connectivity index (χ3n) is 15.2. The largest absolute Gasteiger partial charge is 0.497 e. The topological polar surface area (TPSA) is 175 Å². The lowest BCUT2D eigenvalue weighted by Crippen LogP contribution is -2.67. The van der Waals surface area contributed by atoms with E-state index in [1.54, 1.807) is 20.5 Å². The number of nitrogens with two attached hydrogens (primary N) is 1. The maximum absolute atomic E-state index is 10.1. The Bertz CT molecular complexity index is 3240. The van der Waals surface area contributed by atoms with Crippen molar-refractivity contribution in [1.82, 2.24) is 19.5 Å². The van der Waals surface area contributed by atoms with Crippen LogP contribution in [0.1, 0.15) is 58.2 Å². The van der Waals surface area contributed by atoms with Gasteiger partial charge in [0.2, 0.25) is 0 Å². The fourth-order valence-electron chi connectivity index (χ4n) is 11.1. The highest BCUT2D eigenvalue weighted by molar-refractivity contribution is 7.00. The molecule has 2 atom stereocenters. The molecule has 2 aromatic heterocycles. The Morgan fingerprint density at radius 3 is 1.30 bits per heavy atom. The van der Waals surface area contributed by atoms with E-state index in [0.717, 1.165) is 28.2 Å². The number of nitrogens with zero attached hydrogens (tertiary/aromatic N) is 4. The summed E-state index contributed by atoms with van der Waals surface area (Å²) in [6, 6.07) is 68.1. The normalized spacial score (nSPS) is 13.0. The highest BCUT2D eigenvalue weighted by Gasteiger charge is 2.52. The second-order valence-electron chi connectivity index (χ2n) is 22.5. The number of benzene rings is 7. The second-order valence-corrected chi connectivity index (χ2v) is 31.1. The molecule has 0 aliphatic carbocycles. The molecule has 0 fully saturated rings. The van der Waals surface area contributed by atoms with Crippen molar-refractivity contribution < 1.29 is 42.7 Å². The summed E-state index contributed by atoms with van der Waals surface area (Å²) < 4.78 is 46.7. The number of imidazole rings is 1. The molecule has 16 heteroatoms. The molecular formula is C68H81N5O9Si2. The summed E-state index contributed by atoms with van der Waals surface area (Å²) in [5.74, 6) is 1.85. The number of anilines is 1. The van der Waals surface area contributed by atoms with Crippen molar-refractivity contribution in [1.29, 1.82) is 0 Å². The zero-order chi connectivity index (χ0) is 59.6. The van der Waals surface area contributed by atoms with Crippen LogP contribution < -0.4 is 36.0 Å². The van der Waals surface area contributed by atoms with Crippen LogP contribution in [0.3, 0.4) is 0 Å². The summed E-state index contributed by atoms with van der Waals surface area (Å²) in [6.07, 6.45) is 2.14. The molecule has 0 unspecified atom stereocenters. The lowest BCUT2D eigenvalue weighted by Gasteiger charge is -2.44. The van der Waals surface area contributed by atoms with E-state index >= 15 is 0 Å². The minimum atomic E-state index is -2.86. The molecule has 2 heterocycles. The van der Waals surface area contributed by atoms with E-state index in [9.17, 15) is 10.2 Å². The summed E-state index contributed by atoms with van der Waals surface area (Å²) in [6.45, 7) is 15.0. The number of aliphatic hydroxyl groups excluding tert-OH is 2. The number of nitrogen functional groups attached to an aromatic ring is 1. The summed E-state index contributed by atoms with van der Waals surface area (Å²) in [5.41, 5.74) is 8.90. The standard InChI is InChI=1S/C42H48O6Si.C26H33N5O3Si/c1-41(2,3)49(39-17-11-7-12-18-39,40-19-13-8-14-20-40)48-32-38(46-30-29-43)31-47-42(33-15-9-6-10-16-33,34-21-25-36(44-4)26-22-34)35-23-27-37(45-5)28-24-35;1-26(2,3)35(21-10-6-4-7-11-21,22-12-8-5-9-13-22)34-17-20(16-32)33-15-14-31-19-30-23-24(27)28-18-29-25(23)31/h6-28,38,43H,29-32H2,1-5H3;4-13,18-20,32H,14-17H2,1-3H3,(H2,27,28,29)/t38-;20-/m11/s1. The highest BCUT2D eigenvalue weighted by atomic mass is 28.4. The van der Waals surface area contributed by atoms with Gasteiger partial charge in [-0.3, -0.25) is 0 Å². The minimum Gasteiger partial charge on any atom is -0.497 e. The van der Waals surface area contributed by atoms with E-state index in [1.165, 1.54) is 27.1 Å². The first-order chi connectivity index (χ1) is 40.6. The first-order valence-electron chi connectivity index (χ1n) is 28.5. The Hall–Kier alpha value is -7.36. The summed E-state index contributed by atoms with van der Waals surface area (Å²) >= 11 is 0. The fraction of sp³-hybridized carbons (Fsp3) is 0.309. The Balaban J connectivity index is 0.000000232. The third kappa shape index (κ3) is 14.1. The van der Waals surface area contributed by atoms with E-state index in [4.69, 9.17) is 38.3 Å². The number of hydrogen-bond acceptors (Lipinski definition) is 13. The molecule has 0 saturated heterocycles. The van der Waals surface area contributed by atoms with Gasteiger partial charge in [0.05, 0.1) is 66.8 Å². The summed E-state index contributed by atoms with van der Waals surface area (Å²) in [4.78, 5) is 12.5. The maximum Gasteiger partial charge on any atom is 0.261 e. The molecule has 0 spiro atoms. The maximum atomic E-state index is 10.1. The van der Waals surface area contributed by atoms with Crippen molar-refractivity contribution in [3.8, 4) is 11.5 Å². The molecule has 0 radical (unpaired) electrons. The van der Waals surface area contributed by atoms with Gasteiger partial charge in [-0.1, -0.05) is 217 Å². The van der Waals surface area contributed by atoms with Gasteiger partial charge in [0.25, 0.3) is 16.6 Å². The number of fused-ring (bicyclic) bond motifs is 1. The van der Waals surface area contributed by atoms with Crippen LogP contribution in [0.5, 0.6) is 11.5 Å². The molecule has 9 rings (SSSR count). The van der Waals surface area contributed by atoms with Crippen LogP contribution in [-0.2, 0) is 35.2 Å². The van der Waals surface area contributed by atoms with Crippen LogP contribution in [0.25, 0.3) is 11.2 Å². The first kappa shape index (κ1) is 62.7. The molecule has 84 heavy (non-hydrogen) atoms. The molecule has 0 aliphatic rings. The number of methoxy groups -OCH3 is 2. The smallest absolute Gasteiger partial charge is 0.261 e. The van der Waals surface area contributed by atoms with Crippen LogP contribution in [0, 0.1) is 0 Å². The van der Waals surface area contributed by atoms with Gasteiger partial charge in [-0.15, -0.1) is 0 Å². The zero-order valence-electron chi connectivity index (χ0n) is 49.6. The molecule has 0 bridgehead atoms. The SMILES string of the molecule is CC(C)(C)[Si](OC[C@@H](CO)OCCn1cnc2c(N)ncnc21)(c1ccccc1)c1ccccc1.COc1ccc(C(OC[C@H](CO[Si](c2ccccc2)(c2ccccc2)C(C)(C)C)OCCO)(c2ccccc2)c2ccc(OC)cc2)cc1. The Labute approximate surface area is 497 Å². The Morgan fingerprint density at radius 1 is 0.488 bits per heavy atom. The van der Waals surface area contributed by atoms with Gasteiger partial charge in [-0.05, 0) is 71.8 Å². The van der Waals surface area contributed by atoms with Crippen LogP contribution in [0.2, 0.25) is 10.1 Å². The number of aromatic nitrogens is 4. The van der Waals surface area contributed by atoms with Gasteiger partial charge >= 0.3 is 0 Å². The summed E-state index contributed by atoms with van der Waals surface area (Å²) in [7, 11) is -2.24. The molecule has 0 saturated carbocycles. The van der Waals surface area contributed by atoms with Gasteiger partial charge < -0.3 is 53.1 Å². The quantitative estimate of drug-likeness (QED) is 0.0346. The molecule has 9 aromatic rings. The van der Waals surface area contributed by atoms with Gasteiger partial charge in [0, 0.05) is 6.54 Å². The molecule has 0 aliphatic heterocycles. The predicted octanol–water partition coefficient (Wildman–Crippen LogP) is 9.33. The van der Waals surface area contributed by atoms with Crippen molar-refractivity contribution in [2.24, 2.45) is 0 Å². The van der Waals surface area contributed by atoms with E-state index in [2.05, 4.69) is 166 Å². The van der Waals surface area contributed by atoms with Crippen LogP contribution in [0.4, 0.5) is 5.82 Å². The highest BCUT2D eigenvalue weighted by Crippen LogP contribution is 2.43. The zero-order valence-corrected chi connectivity index (χ0v) is 51.6. The van der Waals surface area contributed by atoms with E-state index in [1.807, 2.05) is 95.6 Å². The number of rotatable bonds is 26. The number of aliphatic hydroxyl groups is 2. The number of ether oxygens (including phenoxy) is 5. The molecule has 0 amide bonds. The minimum absolute atomic E-state index is 0.115. The van der Waals surface area contributed by atoms with Crippen molar-refractivity contribution in [2.45, 2.75) is 76.0 Å². The monoisotopic (exact) mass is 1170 g/mol. The van der Waals surface area contributed by atoms with Crippen molar-refractivity contribution >= 4 is 54.4 Å². The Kier molecular flexibility index (Phi) is 21.6. The fourth-order valence-corrected chi connectivity index (χ4v) is 20.3. The van der Waals surface area contributed by atoms with Gasteiger partial charge in [-0.25, -0.2) is 15.0 Å². The van der Waals surface area contributed by atoms with E-state index in [-0.39, 0.29) is 49.7 Å². The average Bonchev–Trinajstić information content (AvgIpc) is 1.75. The molecule has 14 nitrogen and oxygen atoms in total. The third-order valence-corrected chi connectivity index (χ3v) is 25.2. The van der Waals surface area contributed by atoms with Crippen LogP contribution >= 0.6 is 0 Å². The second kappa shape index (κ2) is 29.0. The summed E-state index contributed by atoms with van der Waals surface area (Å²) in [5, 5.41) is 24.4. The van der Waals surface area contributed by atoms with Crippen molar-refractivity contribution in [3.63, 3.8) is 0 Å². The Morgan fingerprint density at radius 2 is 0.893 bits per heavy atom. The average molecular weight is 1170 g/mol. The van der Waals surface area contributed by atoms with Gasteiger partial charge in [-0.2, -0.15) is 0 Å². The lowest BCUT2D eigenvalue weighted by molar-refractivity contribution is -0.0835. The molecule has 440 valence electrons. The van der Waals surface area contributed by atoms with Gasteiger partial charge in [0.1, 0.15) is 41.2 Å². The lowest BCUT2D eigenvalue weighted by atomic mass is 9.80. The van der Waals surface area contributed by atoms with Crippen LogP contribution in [-0.4, -0.2) is 119 Å².